The molecule has 1 unspecified atom stereocenters. The first-order valence-corrected chi connectivity index (χ1v) is 18.8. The van der Waals surface area contributed by atoms with Crippen LogP contribution in [0, 0.1) is 0 Å². The second-order valence-corrected chi connectivity index (χ2v) is 15.9. The minimum absolute atomic E-state index is 0.142. The first-order chi connectivity index (χ1) is 25.5. The molecule has 1 aliphatic carbocycles. The number of anilines is 1. The van der Waals surface area contributed by atoms with E-state index in [4.69, 9.17) is 9.40 Å². The van der Waals surface area contributed by atoms with Gasteiger partial charge < -0.3 is 9.73 Å². The van der Waals surface area contributed by atoms with Gasteiger partial charge in [-0.1, -0.05) is 92.7 Å². The molecule has 0 spiro atoms. The molecule has 0 saturated heterocycles. The van der Waals surface area contributed by atoms with Crippen molar-refractivity contribution in [3.8, 4) is 44.0 Å². The van der Waals surface area contributed by atoms with Crippen molar-refractivity contribution in [3.05, 3.63) is 168 Å². The van der Waals surface area contributed by atoms with Gasteiger partial charge in [0.2, 0.25) is 0 Å². The van der Waals surface area contributed by atoms with Crippen LogP contribution in [0.25, 0.3) is 76.1 Å². The summed E-state index contributed by atoms with van der Waals surface area (Å²) in [5.74, 6) is 0. The van der Waals surface area contributed by atoms with Crippen LogP contribution in [0.3, 0.4) is 0 Å². The molecule has 0 radical (unpaired) electrons. The molecule has 52 heavy (non-hydrogen) atoms. The molecule has 1 N–H and O–H groups in total. The minimum atomic E-state index is -0.142. The van der Waals surface area contributed by atoms with Crippen molar-refractivity contribution >= 4 is 49.2 Å². The van der Waals surface area contributed by atoms with Crippen LogP contribution in [0.4, 0.5) is 5.69 Å². The number of hydrogen-bond donors (Lipinski definition) is 1. The Balaban J connectivity index is 1.00. The summed E-state index contributed by atoms with van der Waals surface area (Å²) in [5.41, 5.74) is 18.0. The molecule has 1 atom stereocenters. The second kappa shape index (κ2) is 11.0. The Labute approximate surface area is 306 Å². The lowest BCUT2D eigenvalue weighted by Crippen LogP contribution is -2.15. The van der Waals surface area contributed by atoms with Crippen LogP contribution in [0.5, 0.6) is 0 Å². The zero-order valence-corrected chi connectivity index (χ0v) is 29.7. The zero-order chi connectivity index (χ0) is 34.6. The third-order valence-corrected chi connectivity index (χ3v) is 12.5. The highest BCUT2D eigenvalue weighted by atomic mass is 32.1. The molecule has 11 rings (SSSR count). The van der Waals surface area contributed by atoms with Crippen molar-refractivity contribution in [1.82, 2.24) is 4.98 Å². The number of aromatic nitrogens is 1. The summed E-state index contributed by atoms with van der Waals surface area (Å²) in [6.45, 7) is 4.72. The van der Waals surface area contributed by atoms with E-state index in [0.717, 1.165) is 33.7 Å². The molecule has 248 valence electrons. The Morgan fingerprint density at radius 1 is 0.615 bits per heavy atom. The molecule has 0 amide bonds. The molecular weight excluding hydrogens is 653 g/mol. The number of rotatable bonds is 4. The Bertz CT molecular complexity index is 2850. The van der Waals surface area contributed by atoms with E-state index in [2.05, 4.69) is 159 Å². The maximum Gasteiger partial charge on any atom is 0.136 e. The highest BCUT2D eigenvalue weighted by molar-refractivity contribution is 7.21. The van der Waals surface area contributed by atoms with Crippen LogP contribution in [-0.2, 0) is 11.8 Å². The first kappa shape index (κ1) is 29.7. The van der Waals surface area contributed by atoms with E-state index < -0.39 is 0 Å². The number of furan rings is 1. The maximum atomic E-state index is 6.31. The van der Waals surface area contributed by atoms with Gasteiger partial charge in [-0.2, -0.15) is 0 Å². The lowest BCUT2D eigenvalue weighted by molar-refractivity contribution is 0.658. The summed E-state index contributed by atoms with van der Waals surface area (Å²) in [6.07, 6.45) is 0.966. The lowest BCUT2D eigenvalue weighted by Gasteiger charge is -2.22. The third kappa shape index (κ3) is 4.54. The summed E-state index contributed by atoms with van der Waals surface area (Å²) in [4.78, 5) is 5.08. The average Bonchev–Trinajstić information content (AvgIpc) is 3.95. The Morgan fingerprint density at radius 3 is 2.27 bits per heavy atom. The van der Waals surface area contributed by atoms with E-state index >= 15 is 0 Å². The van der Waals surface area contributed by atoms with E-state index in [1.54, 1.807) is 11.3 Å². The predicted molar refractivity (Wildman–Crippen MR) is 217 cm³/mol. The highest BCUT2D eigenvalue weighted by Crippen LogP contribution is 2.52. The standard InChI is InChI=1S/C48H34N2OS/c1-48(2)39-24-30(18-19-35(39)37-27-45-38(26-40(37)48)36-13-4-7-16-44(36)51-45)28-11-9-12-29(20-28)32-21-33(43-25-31-10-3-5-14-41(31)49-43)23-34(22-32)47-50-42-15-6-8-17-46(42)52-47/h3-24,26-27,43,49H,25H2,1-2H3. The molecule has 2 aliphatic rings. The van der Waals surface area contributed by atoms with Gasteiger partial charge in [-0.3, -0.25) is 0 Å². The van der Waals surface area contributed by atoms with Crippen LogP contribution in [0.1, 0.15) is 42.1 Å². The Kier molecular flexibility index (Phi) is 6.30. The molecular formula is C48H34N2OS. The molecule has 3 heterocycles. The van der Waals surface area contributed by atoms with Gasteiger partial charge in [0.1, 0.15) is 16.2 Å². The fourth-order valence-electron chi connectivity index (χ4n) is 8.65. The smallest absolute Gasteiger partial charge is 0.136 e. The van der Waals surface area contributed by atoms with Crippen LogP contribution >= 0.6 is 11.3 Å². The summed E-state index contributed by atoms with van der Waals surface area (Å²) in [7, 11) is 0. The molecule has 2 aromatic heterocycles. The normalized spacial score (nSPS) is 15.5. The first-order valence-electron chi connectivity index (χ1n) is 18.0. The highest BCUT2D eigenvalue weighted by Gasteiger charge is 2.36. The molecule has 0 saturated carbocycles. The van der Waals surface area contributed by atoms with E-state index in [1.807, 2.05) is 6.07 Å². The number of nitrogens with one attached hydrogen (secondary N) is 1. The SMILES string of the molecule is CC1(C)c2cc(-c3cccc(-c4cc(-c5nc6ccccc6s5)cc(C5Cc6ccccc6N5)c4)c3)ccc2-c2cc3oc4ccccc4c3cc21. The van der Waals surface area contributed by atoms with Gasteiger partial charge >= 0.3 is 0 Å². The van der Waals surface area contributed by atoms with E-state index in [1.165, 1.54) is 76.8 Å². The van der Waals surface area contributed by atoms with Gasteiger partial charge in [-0.15, -0.1) is 11.3 Å². The van der Waals surface area contributed by atoms with Crippen molar-refractivity contribution in [2.24, 2.45) is 0 Å². The monoisotopic (exact) mass is 686 g/mol. The number of hydrogen-bond acceptors (Lipinski definition) is 4. The fourth-order valence-corrected chi connectivity index (χ4v) is 9.60. The van der Waals surface area contributed by atoms with Gasteiger partial charge in [0.15, 0.2) is 0 Å². The lowest BCUT2D eigenvalue weighted by atomic mass is 9.81. The number of nitrogens with zero attached hydrogens (tertiary/aromatic N) is 1. The molecule has 1 aliphatic heterocycles. The molecule has 3 nitrogen and oxygen atoms in total. The number of benzene rings is 7. The van der Waals surface area contributed by atoms with Crippen LogP contribution < -0.4 is 5.32 Å². The molecule has 9 aromatic rings. The second-order valence-electron chi connectivity index (χ2n) is 14.8. The van der Waals surface area contributed by atoms with Gasteiger partial charge in [0.05, 0.1) is 16.3 Å². The van der Waals surface area contributed by atoms with Crippen LogP contribution in [0.15, 0.2) is 150 Å². The van der Waals surface area contributed by atoms with Crippen molar-refractivity contribution in [3.63, 3.8) is 0 Å². The van der Waals surface area contributed by atoms with Gasteiger partial charge in [-0.25, -0.2) is 4.98 Å². The Morgan fingerprint density at radius 2 is 1.37 bits per heavy atom. The van der Waals surface area contributed by atoms with Crippen molar-refractivity contribution in [2.45, 2.75) is 31.7 Å². The van der Waals surface area contributed by atoms with Crippen molar-refractivity contribution in [1.29, 1.82) is 0 Å². The van der Waals surface area contributed by atoms with Gasteiger partial charge in [-0.05, 0) is 129 Å². The van der Waals surface area contributed by atoms with Crippen molar-refractivity contribution < 1.29 is 4.42 Å². The number of para-hydroxylation sites is 3. The topological polar surface area (TPSA) is 38.1 Å². The largest absolute Gasteiger partial charge is 0.456 e. The summed E-state index contributed by atoms with van der Waals surface area (Å²) in [5, 5.41) is 7.22. The summed E-state index contributed by atoms with van der Waals surface area (Å²) >= 11 is 1.76. The Hall–Kier alpha value is -5.97. The molecule has 0 fully saturated rings. The van der Waals surface area contributed by atoms with Crippen LogP contribution in [-0.4, -0.2) is 4.98 Å². The van der Waals surface area contributed by atoms with Crippen LogP contribution in [0.2, 0.25) is 0 Å². The third-order valence-electron chi connectivity index (χ3n) is 11.4. The number of fused-ring (bicyclic) bond motifs is 8. The zero-order valence-electron chi connectivity index (χ0n) is 28.9. The predicted octanol–water partition coefficient (Wildman–Crippen LogP) is 13.2. The molecule has 0 bridgehead atoms. The maximum absolute atomic E-state index is 6.31. The molecule has 7 aromatic carbocycles. The minimum Gasteiger partial charge on any atom is -0.456 e. The van der Waals surface area contributed by atoms with E-state index in [0.29, 0.717) is 0 Å². The van der Waals surface area contributed by atoms with Crippen molar-refractivity contribution in [2.75, 3.05) is 5.32 Å². The summed E-state index contributed by atoms with van der Waals surface area (Å²) < 4.78 is 7.52. The van der Waals surface area contributed by atoms with Gasteiger partial charge in [0.25, 0.3) is 0 Å². The average molecular weight is 687 g/mol. The molecule has 4 heteroatoms. The quantitative estimate of drug-likeness (QED) is 0.200. The summed E-state index contributed by atoms with van der Waals surface area (Å²) in [6, 6.07) is 53.4. The van der Waals surface area contributed by atoms with Gasteiger partial charge in [0, 0.05) is 27.4 Å². The van der Waals surface area contributed by atoms with E-state index in [9.17, 15) is 0 Å². The fraction of sp³-hybridized carbons (Fsp3) is 0.104. The van der Waals surface area contributed by atoms with E-state index in [-0.39, 0.29) is 11.5 Å². The number of thiazole rings is 1.